The summed E-state index contributed by atoms with van der Waals surface area (Å²) < 4.78 is 0. The fourth-order valence-electron chi connectivity index (χ4n) is 2.30. The fraction of sp³-hybridized carbons (Fsp3) is 0.389. The van der Waals surface area contributed by atoms with Crippen molar-refractivity contribution in [2.24, 2.45) is 5.41 Å². The van der Waals surface area contributed by atoms with Gasteiger partial charge >= 0.3 is 0 Å². The van der Waals surface area contributed by atoms with Crippen molar-refractivity contribution in [2.75, 3.05) is 18.0 Å². The summed E-state index contributed by atoms with van der Waals surface area (Å²) in [6.07, 6.45) is 1.71. The summed E-state index contributed by atoms with van der Waals surface area (Å²) in [5.74, 6) is -0.106. The Balaban J connectivity index is 2.19. The van der Waals surface area contributed by atoms with Crippen molar-refractivity contribution in [3.8, 4) is 0 Å². The molecule has 0 atom stereocenters. The first-order valence-electron chi connectivity index (χ1n) is 7.71. The molecule has 0 aliphatic carbocycles. The standard InChI is InChI=1S/C18H23N3O2/c1-13(22)21(12-11-20-17(23)18(2,3)4)15-9-5-7-14-8-6-10-19-16(14)15/h5-10H,11-12H2,1-4H3,(H,20,23). The second kappa shape index (κ2) is 6.77. The lowest BCUT2D eigenvalue weighted by Crippen LogP contribution is -2.41. The van der Waals surface area contributed by atoms with E-state index in [-0.39, 0.29) is 11.8 Å². The Labute approximate surface area is 136 Å². The molecular weight excluding hydrogens is 290 g/mol. The van der Waals surface area contributed by atoms with E-state index in [0.29, 0.717) is 13.1 Å². The smallest absolute Gasteiger partial charge is 0.225 e. The lowest BCUT2D eigenvalue weighted by Gasteiger charge is -2.24. The molecule has 5 nitrogen and oxygen atoms in total. The molecule has 0 radical (unpaired) electrons. The van der Waals surface area contributed by atoms with Gasteiger partial charge in [0, 0.05) is 37.0 Å². The number of hydrogen-bond donors (Lipinski definition) is 1. The predicted octanol–water partition coefficient (Wildman–Crippen LogP) is 2.75. The van der Waals surface area contributed by atoms with Crippen LogP contribution in [0.4, 0.5) is 5.69 Å². The minimum atomic E-state index is -0.442. The maximum absolute atomic E-state index is 12.0. The number of nitrogens with one attached hydrogen (secondary N) is 1. The monoisotopic (exact) mass is 313 g/mol. The normalized spacial score (nSPS) is 11.3. The zero-order valence-electron chi connectivity index (χ0n) is 14.1. The van der Waals surface area contributed by atoms with Gasteiger partial charge in [-0.25, -0.2) is 0 Å². The van der Waals surface area contributed by atoms with Crippen molar-refractivity contribution >= 4 is 28.4 Å². The Hall–Kier alpha value is -2.43. The maximum Gasteiger partial charge on any atom is 0.225 e. The zero-order chi connectivity index (χ0) is 17.0. The van der Waals surface area contributed by atoms with Crippen LogP contribution in [0.25, 0.3) is 10.9 Å². The highest BCUT2D eigenvalue weighted by molar-refractivity contribution is 6.01. The predicted molar refractivity (Wildman–Crippen MR) is 92.2 cm³/mol. The van der Waals surface area contributed by atoms with Gasteiger partial charge in [-0.3, -0.25) is 14.6 Å². The first kappa shape index (κ1) is 16.9. The molecule has 1 heterocycles. The first-order valence-corrected chi connectivity index (χ1v) is 7.71. The molecule has 2 aromatic rings. The van der Waals surface area contributed by atoms with E-state index in [1.54, 1.807) is 11.1 Å². The molecule has 23 heavy (non-hydrogen) atoms. The van der Waals surface area contributed by atoms with Crippen molar-refractivity contribution in [2.45, 2.75) is 27.7 Å². The third-order valence-electron chi connectivity index (χ3n) is 3.58. The van der Waals surface area contributed by atoms with Gasteiger partial charge in [-0.1, -0.05) is 39.0 Å². The van der Waals surface area contributed by atoms with E-state index < -0.39 is 5.41 Å². The number of carbonyl (C=O) groups is 2. The largest absolute Gasteiger partial charge is 0.354 e. The van der Waals surface area contributed by atoms with E-state index in [0.717, 1.165) is 16.6 Å². The number of rotatable bonds is 4. The molecule has 0 aliphatic heterocycles. The minimum absolute atomic E-state index is 0.0305. The SMILES string of the molecule is CC(=O)N(CCNC(=O)C(C)(C)C)c1cccc2cccnc12. The second-order valence-electron chi connectivity index (χ2n) is 6.53. The number of hydrogen-bond acceptors (Lipinski definition) is 3. The number of nitrogens with zero attached hydrogens (tertiary/aromatic N) is 2. The molecule has 0 saturated carbocycles. The van der Waals surface area contributed by atoms with Gasteiger partial charge in [-0.15, -0.1) is 0 Å². The van der Waals surface area contributed by atoms with Crippen molar-refractivity contribution in [1.82, 2.24) is 10.3 Å². The number of aromatic nitrogens is 1. The van der Waals surface area contributed by atoms with Gasteiger partial charge in [0.25, 0.3) is 0 Å². The number of anilines is 1. The number of amides is 2. The molecule has 5 heteroatoms. The first-order chi connectivity index (χ1) is 10.8. The molecular formula is C18H23N3O2. The van der Waals surface area contributed by atoms with Gasteiger partial charge in [0.2, 0.25) is 11.8 Å². The highest BCUT2D eigenvalue weighted by Gasteiger charge is 2.21. The van der Waals surface area contributed by atoms with Crippen LogP contribution in [-0.2, 0) is 9.59 Å². The molecule has 0 bridgehead atoms. The number of benzene rings is 1. The summed E-state index contributed by atoms with van der Waals surface area (Å²) in [4.78, 5) is 30.0. The van der Waals surface area contributed by atoms with Crippen LogP contribution in [0, 0.1) is 5.41 Å². The van der Waals surface area contributed by atoms with Crippen molar-refractivity contribution in [1.29, 1.82) is 0 Å². The Kier molecular flexibility index (Phi) is 4.98. The van der Waals surface area contributed by atoms with Gasteiger partial charge in [0.1, 0.15) is 0 Å². The summed E-state index contributed by atoms with van der Waals surface area (Å²) in [5, 5.41) is 3.85. The van der Waals surface area contributed by atoms with Gasteiger partial charge in [-0.2, -0.15) is 0 Å². The van der Waals surface area contributed by atoms with Gasteiger partial charge in [0.15, 0.2) is 0 Å². The summed E-state index contributed by atoms with van der Waals surface area (Å²) in [6, 6.07) is 9.58. The Morgan fingerprint density at radius 1 is 1.17 bits per heavy atom. The molecule has 0 fully saturated rings. The van der Waals surface area contributed by atoms with Crippen molar-refractivity contribution in [3.05, 3.63) is 36.5 Å². The van der Waals surface area contributed by atoms with Gasteiger partial charge in [-0.05, 0) is 12.1 Å². The van der Waals surface area contributed by atoms with E-state index in [1.165, 1.54) is 6.92 Å². The highest BCUT2D eigenvalue weighted by Crippen LogP contribution is 2.24. The third-order valence-corrected chi connectivity index (χ3v) is 3.58. The van der Waals surface area contributed by atoms with E-state index >= 15 is 0 Å². The lowest BCUT2D eigenvalue weighted by atomic mass is 9.96. The molecule has 0 spiro atoms. The Morgan fingerprint density at radius 2 is 1.87 bits per heavy atom. The maximum atomic E-state index is 12.0. The molecule has 1 aromatic carbocycles. The van der Waals surface area contributed by atoms with Crippen LogP contribution in [0.3, 0.4) is 0 Å². The summed E-state index contributed by atoms with van der Waals surface area (Å²) in [5.41, 5.74) is 1.11. The molecule has 1 aromatic heterocycles. The molecule has 2 rings (SSSR count). The third kappa shape index (κ3) is 4.06. The zero-order valence-corrected chi connectivity index (χ0v) is 14.1. The van der Waals surface area contributed by atoms with Crippen LogP contribution in [-0.4, -0.2) is 29.9 Å². The van der Waals surface area contributed by atoms with E-state index in [4.69, 9.17) is 0 Å². The van der Waals surface area contributed by atoms with E-state index in [9.17, 15) is 9.59 Å². The fourth-order valence-corrected chi connectivity index (χ4v) is 2.30. The lowest BCUT2D eigenvalue weighted by molar-refractivity contribution is -0.128. The average molecular weight is 313 g/mol. The van der Waals surface area contributed by atoms with Crippen LogP contribution in [0.15, 0.2) is 36.5 Å². The molecule has 122 valence electrons. The minimum Gasteiger partial charge on any atom is -0.354 e. The van der Waals surface area contributed by atoms with Gasteiger partial charge in [0.05, 0.1) is 11.2 Å². The Morgan fingerprint density at radius 3 is 2.52 bits per heavy atom. The number of para-hydroxylation sites is 1. The summed E-state index contributed by atoms with van der Waals surface area (Å²) >= 11 is 0. The topological polar surface area (TPSA) is 62.3 Å². The van der Waals surface area contributed by atoms with E-state index in [2.05, 4.69) is 10.3 Å². The second-order valence-corrected chi connectivity index (χ2v) is 6.53. The van der Waals surface area contributed by atoms with Crippen LogP contribution >= 0.6 is 0 Å². The Bertz CT molecular complexity index is 714. The highest BCUT2D eigenvalue weighted by atomic mass is 16.2. The molecule has 2 amide bonds. The van der Waals surface area contributed by atoms with Crippen LogP contribution in [0.1, 0.15) is 27.7 Å². The molecule has 0 saturated heterocycles. The summed E-state index contributed by atoms with van der Waals surface area (Å²) in [7, 11) is 0. The van der Waals surface area contributed by atoms with Crippen LogP contribution < -0.4 is 10.2 Å². The van der Waals surface area contributed by atoms with Crippen LogP contribution in [0.5, 0.6) is 0 Å². The average Bonchev–Trinajstić information content (AvgIpc) is 2.49. The summed E-state index contributed by atoms with van der Waals surface area (Å²) in [6.45, 7) is 7.91. The molecule has 0 unspecified atom stereocenters. The van der Waals surface area contributed by atoms with Crippen molar-refractivity contribution in [3.63, 3.8) is 0 Å². The quantitative estimate of drug-likeness (QED) is 0.944. The number of pyridine rings is 1. The van der Waals surface area contributed by atoms with Gasteiger partial charge < -0.3 is 10.2 Å². The number of carbonyl (C=O) groups excluding carboxylic acids is 2. The molecule has 0 aliphatic rings. The van der Waals surface area contributed by atoms with Crippen molar-refractivity contribution < 1.29 is 9.59 Å². The molecule has 1 N–H and O–H groups in total. The number of fused-ring (bicyclic) bond motifs is 1. The van der Waals surface area contributed by atoms with E-state index in [1.807, 2.05) is 51.1 Å². The van der Waals surface area contributed by atoms with Crippen LogP contribution in [0.2, 0.25) is 0 Å².